The highest BCUT2D eigenvalue weighted by Gasteiger charge is 2.16. The predicted molar refractivity (Wildman–Crippen MR) is 119 cm³/mol. The van der Waals surface area contributed by atoms with Gasteiger partial charge in [-0.1, -0.05) is 59.7 Å². The molecule has 0 spiro atoms. The van der Waals surface area contributed by atoms with E-state index in [1.807, 2.05) is 42.5 Å². The molecule has 0 radical (unpaired) electrons. The molecule has 0 saturated carbocycles. The number of thioether (sulfide) groups is 1. The number of amides is 1. The molecule has 0 N–H and O–H groups in total. The molecule has 0 aliphatic rings. The van der Waals surface area contributed by atoms with Crippen molar-refractivity contribution in [1.82, 2.24) is 9.55 Å². The second-order valence-electron chi connectivity index (χ2n) is 6.94. The summed E-state index contributed by atoms with van der Waals surface area (Å²) in [4.78, 5) is 31.9. The number of carbonyl (C=O) groups excluding carboxylic acids is 1. The monoisotopic (exact) mass is 459 g/mol. The van der Waals surface area contributed by atoms with Crippen LogP contribution in [0.5, 0.6) is 0 Å². The Balaban J connectivity index is 1.90. The van der Waals surface area contributed by atoms with Crippen LogP contribution >= 0.6 is 27.7 Å². The standard InChI is InChI=1S/C21H22BrN3O2S/c1-14(2)12-25-20(27)17-11-15(22)9-10-18(17)23-21(25)28-13-19(26)24(3)16-7-5-4-6-8-16/h4-11,14H,12-13H2,1-3H3. The first-order valence-electron chi connectivity index (χ1n) is 9.01. The predicted octanol–water partition coefficient (Wildman–Crippen LogP) is 4.57. The molecule has 1 aromatic heterocycles. The maximum atomic E-state index is 13.0. The van der Waals surface area contributed by atoms with Gasteiger partial charge in [0.15, 0.2) is 5.16 Å². The highest BCUT2D eigenvalue weighted by molar-refractivity contribution is 9.10. The molecule has 0 aliphatic heterocycles. The fourth-order valence-electron chi connectivity index (χ4n) is 2.83. The average molecular weight is 460 g/mol. The van der Waals surface area contributed by atoms with Gasteiger partial charge in [-0.2, -0.15) is 0 Å². The Kier molecular flexibility index (Phi) is 6.57. The van der Waals surface area contributed by atoms with Gasteiger partial charge in [0.05, 0.1) is 16.7 Å². The fourth-order valence-corrected chi connectivity index (χ4v) is 4.11. The maximum absolute atomic E-state index is 13.0. The van der Waals surface area contributed by atoms with Crippen LogP contribution in [0.2, 0.25) is 0 Å². The van der Waals surface area contributed by atoms with E-state index in [1.165, 1.54) is 11.8 Å². The van der Waals surface area contributed by atoms with Crippen LogP contribution in [0, 0.1) is 5.92 Å². The van der Waals surface area contributed by atoms with Crippen molar-refractivity contribution < 1.29 is 4.79 Å². The highest BCUT2D eigenvalue weighted by atomic mass is 79.9. The summed E-state index contributed by atoms with van der Waals surface area (Å²) in [6.07, 6.45) is 0. The molecule has 3 aromatic rings. The summed E-state index contributed by atoms with van der Waals surface area (Å²) >= 11 is 4.72. The second kappa shape index (κ2) is 8.92. The lowest BCUT2D eigenvalue weighted by atomic mass is 10.2. The number of hydrogen-bond donors (Lipinski definition) is 0. The molecule has 0 aliphatic carbocycles. The van der Waals surface area contributed by atoms with Crippen molar-refractivity contribution in [1.29, 1.82) is 0 Å². The topological polar surface area (TPSA) is 55.2 Å². The summed E-state index contributed by atoms with van der Waals surface area (Å²) in [6.45, 7) is 4.67. The molecule has 0 atom stereocenters. The number of carbonyl (C=O) groups is 1. The van der Waals surface area contributed by atoms with Crippen molar-refractivity contribution in [3.8, 4) is 0 Å². The van der Waals surface area contributed by atoms with Crippen LogP contribution in [0.15, 0.2) is 63.0 Å². The summed E-state index contributed by atoms with van der Waals surface area (Å²) in [5.74, 6) is 0.446. The van der Waals surface area contributed by atoms with Gasteiger partial charge in [0.25, 0.3) is 5.56 Å². The molecular formula is C21H22BrN3O2S. The summed E-state index contributed by atoms with van der Waals surface area (Å²) in [5.41, 5.74) is 1.40. The van der Waals surface area contributed by atoms with E-state index < -0.39 is 0 Å². The number of anilines is 1. The minimum absolute atomic E-state index is 0.0440. The van der Waals surface area contributed by atoms with E-state index in [0.29, 0.717) is 22.6 Å². The van der Waals surface area contributed by atoms with Gasteiger partial charge in [-0.05, 0) is 36.2 Å². The Hall–Kier alpha value is -2.12. The molecule has 1 heterocycles. The van der Waals surface area contributed by atoms with Gasteiger partial charge in [-0.3, -0.25) is 14.2 Å². The van der Waals surface area contributed by atoms with E-state index in [4.69, 9.17) is 0 Å². The molecule has 146 valence electrons. The molecule has 1 amide bonds. The average Bonchev–Trinajstić information content (AvgIpc) is 2.69. The Labute approximate surface area is 176 Å². The number of rotatable bonds is 6. The SMILES string of the molecule is CC(C)Cn1c(SCC(=O)N(C)c2ccccc2)nc2ccc(Br)cc2c1=O. The number of benzene rings is 2. The Morgan fingerprint density at radius 2 is 1.93 bits per heavy atom. The zero-order valence-electron chi connectivity index (χ0n) is 16.1. The van der Waals surface area contributed by atoms with Gasteiger partial charge >= 0.3 is 0 Å². The van der Waals surface area contributed by atoms with Crippen molar-refractivity contribution in [2.45, 2.75) is 25.5 Å². The Bertz CT molecular complexity index is 1050. The smallest absolute Gasteiger partial charge is 0.262 e. The number of hydrogen-bond acceptors (Lipinski definition) is 4. The van der Waals surface area contributed by atoms with Crippen LogP contribution in [0.3, 0.4) is 0 Å². The number of para-hydroxylation sites is 1. The van der Waals surface area contributed by atoms with Crippen LogP contribution in [0.4, 0.5) is 5.69 Å². The molecule has 2 aromatic carbocycles. The van der Waals surface area contributed by atoms with Crippen molar-refractivity contribution in [3.63, 3.8) is 0 Å². The quantitative estimate of drug-likeness (QED) is 0.400. The number of aromatic nitrogens is 2. The summed E-state index contributed by atoms with van der Waals surface area (Å²) in [6, 6.07) is 15.0. The lowest BCUT2D eigenvalue weighted by molar-refractivity contribution is -0.115. The lowest BCUT2D eigenvalue weighted by Crippen LogP contribution is -2.29. The molecule has 0 unspecified atom stereocenters. The molecule has 7 heteroatoms. The third-order valence-corrected chi connectivity index (χ3v) is 5.73. The number of fused-ring (bicyclic) bond motifs is 1. The first-order valence-corrected chi connectivity index (χ1v) is 10.8. The normalized spacial score (nSPS) is 11.2. The van der Waals surface area contributed by atoms with Crippen LogP contribution in [0.25, 0.3) is 10.9 Å². The van der Waals surface area contributed by atoms with Crippen LogP contribution in [-0.2, 0) is 11.3 Å². The van der Waals surface area contributed by atoms with E-state index in [-0.39, 0.29) is 23.1 Å². The third kappa shape index (κ3) is 4.64. The molecular weight excluding hydrogens is 438 g/mol. The second-order valence-corrected chi connectivity index (χ2v) is 8.80. The maximum Gasteiger partial charge on any atom is 0.262 e. The molecule has 0 bridgehead atoms. The van der Waals surface area contributed by atoms with Gasteiger partial charge in [0.2, 0.25) is 5.91 Å². The summed E-state index contributed by atoms with van der Waals surface area (Å²) in [5, 5.41) is 1.15. The Morgan fingerprint density at radius 3 is 2.61 bits per heavy atom. The van der Waals surface area contributed by atoms with Crippen molar-refractivity contribution in [2.75, 3.05) is 17.7 Å². The Morgan fingerprint density at radius 1 is 1.21 bits per heavy atom. The van der Waals surface area contributed by atoms with Crippen molar-refractivity contribution in [3.05, 3.63) is 63.4 Å². The van der Waals surface area contributed by atoms with Gasteiger partial charge in [0, 0.05) is 23.8 Å². The number of nitrogens with zero attached hydrogens (tertiary/aromatic N) is 3. The van der Waals surface area contributed by atoms with E-state index in [9.17, 15) is 9.59 Å². The van der Waals surface area contributed by atoms with Crippen LogP contribution in [-0.4, -0.2) is 28.3 Å². The largest absolute Gasteiger partial charge is 0.315 e. The first kappa shape index (κ1) is 20.6. The third-order valence-electron chi connectivity index (χ3n) is 4.27. The van der Waals surface area contributed by atoms with Crippen LogP contribution < -0.4 is 10.5 Å². The molecule has 0 saturated heterocycles. The molecule has 3 rings (SSSR count). The number of halogens is 1. The highest BCUT2D eigenvalue weighted by Crippen LogP contribution is 2.22. The van der Waals surface area contributed by atoms with E-state index in [1.54, 1.807) is 22.6 Å². The van der Waals surface area contributed by atoms with Gasteiger partial charge in [-0.25, -0.2) is 4.98 Å². The first-order chi connectivity index (χ1) is 13.4. The van der Waals surface area contributed by atoms with E-state index in [2.05, 4.69) is 34.8 Å². The van der Waals surface area contributed by atoms with Crippen molar-refractivity contribution >= 4 is 50.2 Å². The zero-order chi connectivity index (χ0) is 20.3. The van der Waals surface area contributed by atoms with E-state index in [0.717, 1.165) is 10.2 Å². The van der Waals surface area contributed by atoms with Crippen molar-refractivity contribution in [2.24, 2.45) is 5.92 Å². The van der Waals surface area contributed by atoms with Gasteiger partial charge < -0.3 is 4.90 Å². The fraction of sp³-hybridized carbons (Fsp3) is 0.286. The molecule has 0 fully saturated rings. The van der Waals surface area contributed by atoms with E-state index >= 15 is 0 Å². The van der Waals surface area contributed by atoms with Crippen LogP contribution in [0.1, 0.15) is 13.8 Å². The zero-order valence-corrected chi connectivity index (χ0v) is 18.5. The summed E-state index contributed by atoms with van der Waals surface area (Å²) in [7, 11) is 1.75. The molecule has 28 heavy (non-hydrogen) atoms. The lowest BCUT2D eigenvalue weighted by Gasteiger charge is -2.18. The minimum atomic E-state index is -0.0774. The van der Waals surface area contributed by atoms with Gasteiger partial charge in [0.1, 0.15) is 0 Å². The summed E-state index contributed by atoms with van der Waals surface area (Å²) < 4.78 is 2.52. The minimum Gasteiger partial charge on any atom is -0.315 e. The molecule has 5 nitrogen and oxygen atoms in total. The van der Waals surface area contributed by atoms with Gasteiger partial charge in [-0.15, -0.1) is 0 Å².